The van der Waals surface area contributed by atoms with Gasteiger partial charge >= 0.3 is 0 Å². The summed E-state index contributed by atoms with van der Waals surface area (Å²) in [6.45, 7) is 3.69. The fourth-order valence-corrected chi connectivity index (χ4v) is 1.64. The molecule has 0 fully saturated rings. The number of hydrogen-bond acceptors (Lipinski definition) is 2. The highest BCUT2D eigenvalue weighted by molar-refractivity contribution is 5.44. The van der Waals surface area contributed by atoms with Gasteiger partial charge in [-0.15, -0.1) is 0 Å². The van der Waals surface area contributed by atoms with Gasteiger partial charge in [0.25, 0.3) is 0 Å². The van der Waals surface area contributed by atoms with Crippen LogP contribution in [-0.2, 0) is 0 Å². The molecule has 0 aliphatic rings. The van der Waals surface area contributed by atoms with Gasteiger partial charge in [0.05, 0.1) is 11.6 Å². The van der Waals surface area contributed by atoms with Gasteiger partial charge in [-0.3, -0.25) is 0 Å². The van der Waals surface area contributed by atoms with E-state index in [0.29, 0.717) is 17.1 Å². The van der Waals surface area contributed by atoms with Gasteiger partial charge in [-0.25, -0.2) is 4.39 Å². The van der Waals surface area contributed by atoms with Crippen molar-refractivity contribution in [3.8, 4) is 17.6 Å². The summed E-state index contributed by atoms with van der Waals surface area (Å²) in [5, 5.41) is 8.84. The van der Waals surface area contributed by atoms with E-state index in [2.05, 4.69) is 6.07 Å². The van der Waals surface area contributed by atoms with E-state index in [1.807, 2.05) is 13.8 Å². The molecule has 0 saturated carbocycles. The van der Waals surface area contributed by atoms with Crippen molar-refractivity contribution in [1.29, 1.82) is 5.26 Å². The molecule has 90 valence electrons. The number of aryl methyl sites for hydroxylation is 2. The molecule has 0 saturated heterocycles. The second-order valence-corrected chi connectivity index (χ2v) is 4.10. The van der Waals surface area contributed by atoms with Crippen LogP contribution in [0.1, 0.15) is 16.7 Å². The normalized spacial score (nSPS) is 9.89. The van der Waals surface area contributed by atoms with Crippen molar-refractivity contribution in [2.24, 2.45) is 0 Å². The fraction of sp³-hybridized carbons (Fsp3) is 0.133. The zero-order valence-corrected chi connectivity index (χ0v) is 10.2. The smallest absolute Gasteiger partial charge is 0.133 e. The van der Waals surface area contributed by atoms with Gasteiger partial charge in [-0.1, -0.05) is 6.07 Å². The van der Waals surface area contributed by atoms with Crippen molar-refractivity contribution in [2.75, 3.05) is 0 Å². The Labute approximate surface area is 105 Å². The first-order chi connectivity index (χ1) is 8.60. The molecule has 2 aromatic carbocycles. The molecule has 0 N–H and O–H groups in total. The van der Waals surface area contributed by atoms with Gasteiger partial charge in [0.15, 0.2) is 0 Å². The van der Waals surface area contributed by atoms with Crippen LogP contribution in [0.3, 0.4) is 0 Å². The minimum atomic E-state index is -0.332. The number of nitrogens with zero attached hydrogens (tertiary/aromatic N) is 1. The third kappa shape index (κ3) is 2.49. The Bertz CT molecular complexity index is 629. The molecule has 2 nitrogen and oxygen atoms in total. The summed E-state index contributed by atoms with van der Waals surface area (Å²) < 4.78 is 18.7. The molecule has 3 heteroatoms. The predicted molar refractivity (Wildman–Crippen MR) is 67.1 cm³/mol. The van der Waals surface area contributed by atoms with Gasteiger partial charge in [0.1, 0.15) is 17.3 Å². The average Bonchev–Trinajstić information content (AvgIpc) is 2.34. The van der Waals surface area contributed by atoms with E-state index in [1.54, 1.807) is 24.3 Å². The summed E-state index contributed by atoms with van der Waals surface area (Å²) in [7, 11) is 0. The van der Waals surface area contributed by atoms with E-state index < -0.39 is 0 Å². The number of ether oxygens (including phenoxy) is 1. The van der Waals surface area contributed by atoms with Crippen LogP contribution >= 0.6 is 0 Å². The Balaban J connectivity index is 2.32. The van der Waals surface area contributed by atoms with E-state index >= 15 is 0 Å². The Kier molecular flexibility index (Phi) is 3.29. The van der Waals surface area contributed by atoms with Crippen LogP contribution in [0.25, 0.3) is 0 Å². The van der Waals surface area contributed by atoms with Crippen LogP contribution in [0.4, 0.5) is 4.39 Å². The molecular weight excluding hydrogens is 229 g/mol. The summed E-state index contributed by atoms with van der Waals surface area (Å²) in [6.07, 6.45) is 0. The van der Waals surface area contributed by atoms with E-state index in [9.17, 15) is 4.39 Å². The zero-order valence-electron chi connectivity index (χ0n) is 10.2. The molecule has 0 amide bonds. The maximum Gasteiger partial charge on any atom is 0.133 e. The van der Waals surface area contributed by atoms with Gasteiger partial charge in [0, 0.05) is 6.07 Å². The maximum absolute atomic E-state index is 13.1. The maximum atomic E-state index is 13.1. The first kappa shape index (κ1) is 12.1. The summed E-state index contributed by atoms with van der Waals surface area (Å²) in [5.41, 5.74) is 2.31. The Morgan fingerprint density at radius 1 is 1.06 bits per heavy atom. The molecule has 2 rings (SSSR count). The Morgan fingerprint density at radius 3 is 2.50 bits per heavy atom. The number of benzene rings is 2. The molecule has 0 aliphatic carbocycles. The lowest BCUT2D eigenvalue weighted by Crippen LogP contribution is -1.90. The average molecular weight is 241 g/mol. The minimum Gasteiger partial charge on any atom is -0.457 e. The van der Waals surface area contributed by atoms with Crippen molar-refractivity contribution in [3.63, 3.8) is 0 Å². The predicted octanol–water partition coefficient (Wildman–Crippen LogP) is 4.11. The molecule has 0 radical (unpaired) electrons. The van der Waals surface area contributed by atoms with Crippen LogP contribution in [0.2, 0.25) is 0 Å². The lowest BCUT2D eigenvalue weighted by atomic mass is 10.1. The van der Waals surface area contributed by atoms with Crippen molar-refractivity contribution >= 4 is 0 Å². The molecule has 0 aromatic heterocycles. The lowest BCUT2D eigenvalue weighted by Gasteiger charge is -2.09. The highest BCUT2D eigenvalue weighted by Gasteiger charge is 2.05. The molecule has 0 atom stereocenters. The van der Waals surface area contributed by atoms with E-state index in [1.165, 1.54) is 12.1 Å². The second-order valence-electron chi connectivity index (χ2n) is 4.10. The zero-order chi connectivity index (χ0) is 13.1. The SMILES string of the molecule is Cc1cc(Oc2cc(F)ccc2C)ccc1C#N. The largest absolute Gasteiger partial charge is 0.457 e. The third-order valence-corrected chi connectivity index (χ3v) is 2.70. The third-order valence-electron chi connectivity index (χ3n) is 2.70. The van der Waals surface area contributed by atoms with Gasteiger partial charge in [-0.05, 0) is 49.2 Å². The number of halogens is 1. The molecule has 0 heterocycles. The first-order valence-electron chi connectivity index (χ1n) is 5.55. The van der Waals surface area contributed by atoms with Crippen LogP contribution in [0, 0.1) is 31.0 Å². The monoisotopic (exact) mass is 241 g/mol. The van der Waals surface area contributed by atoms with Crippen molar-refractivity contribution < 1.29 is 9.13 Å². The molecule has 0 aliphatic heterocycles. The summed E-state index contributed by atoms with van der Waals surface area (Å²) >= 11 is 0. The van der Waals surface area contributed by atoms with Gasteiger partial charge < -0.3 is 4.74 Å². The van der Waals surface area contributed by atoms with Gasteiger partial charge in [-0.2, -0.15) is 5.26 Å². The number of nitriles is 1. The van der Waals surface area contributed by atoms with Crippen molar-refractivity contribution in [3.05, 3.63) is 58.9 Å². The van der Waals surface area contributed by atoms with E-state index in [-0.39, 0.29) is 5.82 Å². The van der Waals surface area contributed by atoms with E-state index in [0.717, 1.165) is 11.1 Å². The molecule has 0 unspecified atom stereocenters. The van der Waals surface area contributed by atoms with Crippen molar-refractivity contribution in [2.45, 2.75) is 13.8 Å². The number of hydrogen-bond donors (Lipinski definition) is 0. The highest BCUT2D eigenvalue weighted by Crippen LogP contribution is 2.27. The summed E-state index contributed by atoms with van der Waals surface area (Å²) in [5.74, 6) is 0.750. The Morgan fingerprint density at radius 2 is 1.83 bits per heavy atom. The quantitative estimate of drug-likeness (QED) is 0.792. The minimum absolute atomic E-state index is 0.332. The molecule has 0 bridgehead atoms. The van der Waals surface area contributed by atoms with Crippen LogP contribution in [0.5, 0.6) is 11.5 Å². The first-order valence-corrected chi connectivity index (χ1v) is 5.55. The second kappa shape index (κ2) is 4.89. The lowest BCUT2D eigenvalue weighted by molar-refractivity contribution is 0.472. The van der Waals surface area contributed by atoms with Crippen LogP contribution in [-0.4, -0.2) is 0 Å². The molecular formula is C15H12FNO. The molecule has 0 spiro atoms. The number of rotatable bonds is 2. The van der Waals surface area contributed by atoms with Crippen molar-refractivity contribution in [1.82, 2.24) is 0 Å². The summed E-state index contributed by atoms with van der Waals surface area (Å²) in [4.78, 5) is 0. The standard InChI is InChI=1S/C15H12FNO/c1-10-3-5-13(16)8-15(10)18-14-6-4-12(9-17)11(2)7-14/h3-8H,1-2H3. The highest BCUT2D eigenvalue weighted by atomic mass is 19.1. The fourth-order valence-electron chi connectivity index (χ4n) is 1.64. The molecule has 2 aromatic rings. The molecule has 18 heavy (non-hydrogen) atoms. The summed E-state index contributed by atoms with van der Waals surface area (Å²) in [6, 6.07) is 11.7. The van der Waals surface area contributed by atoms with Crippen LogP contribution < -0.4 is 4.74 Å². The topological polar surface area (TPSA) is 33.0 Å². The Hall–Kier alpha value is -2.34. The van der Waals surface area contributed by atoms with E-state index in [4.69, 9.17) is 10.00 Å². The van der Waals surface area contributed by atoms with Crippen LogP contribution in [0.15, 0.2) is 36.4 Å². The van der Waals surface area contributed by atoms with Gasteiger partial charge in [0.2, 0.25) is 0 Å².